The molecule has 0 aliphatic carbocycles. The summed E-state index contributed by atoms with van der Waals surface area (Å²) in [5.41, 5.74) is 2.00. The second kappa shape index (κ2) is 5.27. The van der Waals surface area contributed by atoms with Crippen molar-refractivity contribution in [2.45, 2.75) is 6.92 Å². The Bertz CT molecular complexity index is 584. The van der Waals surface area contributed by atoms with Crippen LogP contribution in [0.1, 0.15) is 15.9 Å². The number of anilines is 1. The Morgan fingerprint density at radius 2 is 2.11 bits per heavy atom. The van der Waals surface area contributed by atoms with E-state index >= 15 is 0 Å². The predicted octanol–water partition coefficient (Wildman–Crippen LogP) is 3.54. The van der Waals surface area contributed by atoms with E-state index in [0.717, 1.165) is 16.1 Å². The molecule has 2 rings (SSSR count). The molecule has 1 amide bonds. The number of nitrogens with zero attached hydrogens (tertiary/aromatic N) is 1. The van der Waals surface area contributed by atoms with E-state index < -0.39 is 5.95 Å². The fourth-order valence-corrected chi connectivity index (χ4v) is 1.81. The molecular formula is C13H10BrFN2O. The minimum atomic E-state index is -0.608. The fourth-order valence-electron chi connectivity index (χ4n) is 1.45. The van der Waals surface area contributed by atoms with Gasteiger partial charge in [0.25, 0.3) is 5.91 Å². The van der Waals surface area contributed by atoms with Crippen molar-refractivity contribution in [3.05, 3.63) is 58.1 Å². The second-order valence-electron chi connectivity index (χ2n) is 3.76. The zero-order valence-corrected chi connectivity index (χ0v) is 11.2. The lowest BCUT2D eigenvalue weighted by Gasteiger charge is -2.08. The molecule has 0 spiro atoms. The van der Waals surface area contributed by atoms with E-state index in [1.165, 1.54) is 12.3 Å². The van der Waals surface area contributed by atoms with Crippen molar-refractivity contribution in [3.63, 3.8) is 0 Å². The summed E-state index contributed by atoms with van der Waals surface area (Å²) in [6, 6.07) is 8.10. The quantitative estimate of drug-likeness (QED) is 0.862. The highest BCUT2D eigenvalue weighted by Crippen LogP contribution is 2.26. The molecule has 0 saturated heterocycles. The van der Waals surface area contributed by atoms with Crippen LogP contribution in [0, 0.1) is 12.9 Å². The van der Waals surface area contributed by atoms with Gasteiger partial charge in [0.1, 0.15) is 0 Å². The lowest BCUT2D eigenvalue weighted by Crippen LogP contribution is -2.12. The Morgan fingerprint density at radius 3 is 2.78 bits per heavy atom. The normalized spacial score (nSPS) is 10.2. The average Bonchev–Trinajstić information content (AvgIpc) is 2.36. The largest absolute Gasteiger partial charge is 0.321 e. The molecule has 3 nitrogen and oxygen atoms in total. The third-order valence-electron chi connectivity index (χ3n) is 2.43. The molecular weight excluding hydrogens is 299 g/mol. The number of carbonyl (C=O) groups is 1. The summed E-state index contributed by atoms with van der Waals surface area (Å²) in [5, 5.41) is 2.74. The van der Waals surface area contributed by atoms with Crippen molar-refractivity contribution < 1.29 is 9.18 Å². The van der Waals surface area contributed by atoms with Gasteiger partial charge in [0.05, 0.1) is 11.3 Å². The standard InChI is InChI=1S/C13H10BrFN2O/c1-8-3-2-4-10(12(8)14)17-13(18)9-5-6-11(15)16-7-9/h2-7H,1H3,(H,17,18). The number of carbonyl (C=O) groups excluding carboxylic acids is 1. The monoisotopic (exact) mass is 308 g/mol. The van der Waals surface area contributed by atoms with E-state index in [2.05, 4.69) is 26.2 Å². The van der Waals surface area contributed by atoms with Gasteiger partial charge in [0.2, 0.25) is 5.95 Å². The highest BCUT2D eigenvalue weighted by atomic mass is 79.9. The summed E-state index contributed by atoms with van der Waals surface area (Å²) in [7, 11) is 0. The van der Waals surface area contributed by atoms with Crippen molar-refractivity contribution in [3.8, 4) is 0 Å². The molecule has 0 bridgehead atoms. The van der Waals surface area contributed by atoms with Gasteiger partial charge in [-0.2, -0.15) is 4.39 Å². The maximum atomic E-state index is 12.6. The first kappa shape index (κ1) is 12.7. The van der Waals surface area contributed by atoms with Crippen LogP contribution in [0.15, 0.2) is 41.0 Å². The smallest absolute Gasteiger partial charge is 0.257 e. The topological polar surface area (TPSA) is 42.0 Å². The van der Waals surface area contributed by atoms with Crippen LogP contribution in [0.4, 0.5) is 10.1 Å². The summed E-state index contributed by atoms with van der Waals surface area (Å²) in [4.78, 5) is 15.3. The van der Waals surface area contributed by atoms with E-state index in [1.807, 2.05) is 19.1 Å². The van der Waals surface area contributed by atoms with Crippen LogP contribution >= 0.6 is 15.9 Å². The molecule has 0 fully saturated rings. The van der Waals surface area contributed by atoms with Gasteiger partial charge >= 0.3 is 0 Å². The molecule has 1 aromatic carbocycles. The number of pyridine rings is 1. The van der Waals surface area contributed by atoms with Crippen molar-refractivity contribution in [2.24, 2.45) is 0 Å². The highest BCUT2D eigenvalue weighted by Gasteiger charge is 2.09. The van der Waals surface area contributed by atoms with Gasteiger partial charge in [0.15, 0.2) is 0 Å². The Kier molecular flexibility index (Phi) is 3.72. The minimum absolute atomic E-state index is 0.310. The molecule has 0 saturated carbocycles. The molecule has 5 heteroatoms. The maximum Gasteiger partial charge on any atom is 0.257 e. The van der Waals surface area contributed by atoms with Gasteiger partial charge in [0, 0.05) is 10.7 Å². The summed E-state index contributed by atoms with van der Waals surface area (Å²) in [5.74, 6) is -0.933. The zero-order valence-electron chi connectivity index (χ0n) is 9.58. The number of aromatic nitrogens is 1. The van der Waals surface area contributed by atoms with Crippen molar-refractivity contribution in [1.82, 2.24) is 4.98 Å². The van der Waals surface area contributed by atoms with Gasteiger partial charge in [-0.3, -0.25) is 4.79 Å². The molecule has 2 aromatic rings. The van der Waals surface area contributed by atoms with E-state index in [1.54, 1.807) is 6.07 Å². The summed E-state index contributed by atoms with van der Waals surface area (Å²) in [6.07, 6.45) is 1.20. The predicted molar refractivity (Wildman–Crippen MR) is 71.0 cm³/mol. The Morgan fingerprint density at radius 1 is 1.33 bits per heavy atom. The summed E-state index contributed by atoms with van der Waals surface area (Å²) < 4.78 is 13.5. The number of hydrogen-bond donors (Lipinski definition) is 1. The van der Waals surface area contributed by atoms with Crippen molar-refractivity contribution in [1.29, 1.82) is 0 Å². The molecule has 0 radical (unpaired) electrons. The summed E-state index contributed by atoms with van der Waals surface area (Å²) >= 11 is 3.40. The Hall–Kier alpha value is -1.75. The Balaban J connectivity index is 2.21. The molecule has 1 heterocycles. The minimum Gasteiger partial charge on any atom is -0.321 e. The SMILES string of the molecule is Cc1cccc(NC(=O)c2ccc(F)nc2)c1Br. The first-order valence-corrected chi connectivity index (χ1v) is 6.05. The second-order valence-corrected chi connectivity index (χ2v) is 4.55. The molecule has 0 unspecified atom stereocenters. The van der Waals surface area contributed by atoms with Crippen LogP contribution in [0.2, 0.25) is 0 Å². The third-order valence-corrected chi connectivity index (χ3v) is 3.48. The average molecular weight is 309 g/mol. The van der Waals surface area contributed by atoms with Crippen LogP contribution in [0.25, 0.3) is 0 Å². The zero-order chi connectivity index (χ0) is 13.1. The Labute approximate surface area is 112 Å². The van der Waals surface area contributed by atoms with Crippen LogP contribution in [0.3, 0.4) is 0 Å². The highest BCUT2D eigenvalue weighted by molar-refractivity contribution is 9.10. The maximum absolute atomic E-state index is 12.6. The number of hydrogen-bond acceptors (Lipinski definition) is 2. The van der Waals surface area contributed by atoms with Crippen molar-refractivity contribution >= 4 is 27.5 Å². The van der Waals surface area contributed by atoms with Crippen LogP contribution in [-0.4, -0.2) is 10.9 Å². The van der Waals surface area contributed by atoms with Crippen molar-refractivity contribution in [2.75, 3.05) is 5.32 Å². The molecule has 92 valence electrons. The first-order chi connectivity index (χ1) is 8.58. The number of benzene rings is 1. The lowest BCUT2D eigenvalue weighted by molar-refractivity contribution is 0.102. The van der Waals surface area contributed by atoms with Gasteiger partial charge in [-0.1, -0.05) is 12.1 Å². The number of aryl methyl sites for hydroxylation is 1. The van der Waals surface area contributed by atoms with E-state index in [0.29, 0.717) is 11.3 Å². The van der Waals surface area contributed by atoms with Crippen LogP contribution in [0.5, 0.6) is 0 Å². The lowest BCUT2D eigenvalue weighted by atomic mass is 10.2. The molecule has 0 atom stereocenters. The molecule has 0 aliphatic rings. The number of rotatable bonds is 2. The number of nitrogens with one attached hydrogen (secondary N) is 1. The van der Waals surface area contributed by atoms with Crippen LogP contribution in [-0.2, 0) is 0 Å². The van der Waals surface area contributed by atoms with E-state index in [9.17, 15) is 9.18 Å². The molecule has 1 aromatic heterocycles. The van der Waals surface area contributed by atoms with Gasteiger partial charge < -0.3 is 5.32 Å². The number of amides is 1. The fraction of sp³-hybridized carbons (Fsp3) is 0.0769. The van der Waals surface area contributed by atoms with Gasteiger partial charge in [-0.25, -0.2) is 4.98 Å². The van der Waals surface area contributed by atoms with Gasteiger partial charge in [-0.15, -0.1) is 0 Å². The molecule has 0 aliphatic heterocycles. The first-order valence-electron chi connectivity index (χ1n) is 5.26. The third kappa shape index (κ3) is 2.73. The molecule has 1 N–H and O–H groups in total. The summed E-state index contributed by atoms with van der Waals surface area (Å²) in [6.45, 7) is 1.93. The number of halogens is 2. The van der Waals surface area contributed by atoms with Gasteiger partial charge in [-0.05, 0) is 46.6 Å². The van der Waals surface area contributed by atoms with E-state index in [-0.39, 0.29) is 5.91 Å². The van der Waals surface area contributed by atoms with Crippen LogP contribution < -0.4 is 5.32 Å². The van der Waals surface area contributed by atoms with E-state index in [4.69, 9.17) is 0 Å². The molecule has 18 heavy (non-hydrogen) atoms.